The second-order valence-corrected chi connectivity index (χ2v) is 12.7. The monoisotopic (exact) mass is 588 g/mol. The van der Waals surface area contributed by atoms with E-state index < -0.39 is 82.2 Å². The molecule has 0 spiro atoms. The number of aliphatic hydroxyl groups excluding tert-OH is 1. The highest BCUT2D eigenvalue weighted by Gasteiger charge is 2.78. The van der Waals surface area contributed by atoms with Gasteiger partial charge in [0.1, 0.15) is 24.0 Å². The van der Waals surface area contributed by atoms with E-state index in [0.29, 0.717) is 0 Å². The minimum atomic E-state index is -2.17. The van der Waals surface area contributed by atoms with Gasteiger partial charge in [0.05, 0.1) is 29.6 Å². The Morgan fingerprint density at radius 2 is 1.69 bits per heavy atom. The smallest absolute Gasteiger partial charge is 0.338 e. The number of halogens is 1. The van der Waals surface area contributed by atoms with Crippen molar-refractivity contribution in [2.75, 3.05) is 6.61 Å². The predicted molar refractivity (Wildman–Crippen MR) is 144 cm³/mol. The minimum Gasteiger partial charge on any atom is -0.455 e. The highest BCUT2D eigenvalue weighted by atomic mass is 19.1. The van der Waals surface area contributed by atoms with Gasteiger partial charge < -0.3 is 29.2 Å². The van der Waals surface area contributed by atoms with Crippen molar-refractivity contribution in [3.63, 3.8) is 0 Å². The molecule has 228 valence electrons. The first-order valence-corrected chi connectivity index (χ1v) is 14.1. The predicted octanol–water partition coefficient (Wildman–Crippen LogP) is 2.63. The van der Waals surface area contributed by atoms with E-state index in [4.69, 9.17) is 18.9 Å². The number of esters is 3. The maximum Gasteiger partial charge on any atom is 0.338 e. The SMILES string of the molecule is CC(=O)O[C@H]1C(=O)[C@]2(C)C(F)C[C@H]3OC[C@@]3(OC(C)=O)C2[C@H](OC(=O)c2ccccc2)[C@]2(O)C[C@H](O)C(C)=C1C2(C)C. The molecule has 1 aromatic carbocycles. The Kier molecular flexibility index (Phi) is 7.19. The van der Waals surface area contributed by atoms with Crippen molar-refractivity contribution < 1.29 is 52.7 Å². The van der Waals surface area contributed by atoms with Crippen LogP contribution in [0.5, 0.6) is 0 Å². The van der Waals surface area contributed by atoms with Crippen molar-refractivity contribution in [2.45, 2.75) is 96.2 Å². The molecule has 10 nitrogen and oxygen atoms in total. The van der Waals surface area contributed by atoms with Crippen LogP contribution in [-0.2, 0) is 33.3 Å². The highest BCUT2D eigenvalue weighted by Crippen LogP contribution is 2.64. The van der Waals surface area contributed by atoms with Gasteiger partial charge in [-0.05, 0) is 37.1 Å². The van der Waals surface area contributed by atoms with Gasteiger partial charge in [-0.2, -0.15) is 0 Å². The van der Waals surface area contributed by atoms with Crippen LogP contribution in [0.25, 0.3) is 0 Å². The lowest BCUT2D eigenvalue weighted by molar-refractivity contribution is -0.341. The average molecular weight is 589 g/mol. The molecule has 5 rings (SSSR count). The standard InChI is InChI=1S/C31H37FO10/c1-15-19(35)13-31(38)26(41-27(37)18-10-8-7-9-11-18)24-29(6,20(32)12-21-30(24,14-39-21)42-17(3)34)25(36)23(40-16(2)33)22(15)28(31,4)5/h7-11,19-21,23-24,26,35,38H,12-14H2,1-6H3/t19-,20?,21+,23+,24?,26-,29+,30-,31+/m0/s1. The highest BCUT2D eigenvalue weighted by molar-refractivity contribution is 5.95. The van der Waals surface area contributed by atoms with Crippen molar-refractivity contribution in [3.05, 3.63) is 47.0 Å². The van der Waals surface area contributed by atoms with Gasteiger partial charge in [0.25, 0.3) is 0 Å². The molecule has 4 aliphatic rings. The summed E-state index contributed by atoms with van der Waals surface area (Å²) >= 11 is 0. The second-order valence-electron chi connectivity index (χ2n) is 12.7. The molecular weight excluding hydrogens is 551 g/mol. The number of alkyl halides is 1. The summed E-state index contributed by atoms with van der Waals surface area (Å²) in [7, 11) is 0. The van der Waals surface area contributed by atoms with E-state index >= 15 is 4.39 Å². The average Bonchev–Trinajstić information content (AvgIpc) is 2.90. The van der Waals surface area contributed by atoms with Gasteiger partial charge in [-0.25, -0.2) is 9.18 Å². The van der Waals surface area contributed by atoms with Crippen LogP contribution in [-0.4, -0.2) is 82.3 Å². The fourth-order valence-electron chi connectivity index (χ4n) is 7.87. The fraction of sp³-hybridized carbons (Fsp3) is 0.613. The summed E-state index contributed by atoms with van der Waals surface area (Å²) in [5.74, 6) is -4.78. The number of ketones is 1. The summed E-state index contributed by atoms with van der Waals surface area (Å²) in [5, 5.41) is 24.1. The van der Waals surface area contributed by atoms with Gasteiger partial charge in [-0.15, -0.1) is 0 Å². The molecule has 0 radical (unpaired) electrons. The molecular formula is C31H37FO10. The van der Waals surface area contributed by atoms with E-state index in [9.17, 15) is 29.4 Å². The first-order valence-electron chi connectivity index (χ1n) is 14.1. The van der Waals surface area contributed by atoms with Crippen LogP contribution in [0.1, 0.15) is 64.7 Å². The summed E-state index contributed by atoms with van der Waals surface area (Å²) in [6, 6.07) is 7.94. The molecule has 11 heteroatoms. The number of Topliss-reactive ketones (excluding diaryl/α,β-unsaturated/α-hetero) is 1. The normalized spacial score (nSPS) is 40.4. The molecule has 1 aliphatic heterocycles. The summed E-state index contributed by atoms with van der Waals surface area (Å²) in [5.41, 5.74) is -6.90. The fourth-order valence-corrected chi connectivity index (χ4v) is 7.87. The molecule has 2 N–H and O–H groups in total. The third kappa shape index (κ3) is 4.07. The van der Waals surface area contributed by atoms with Crippen molar-refractivity contribution in [1.29, 1.82) is 0 Å². The Balaban J connectivity index is 1.84. The van der Waals surface area contributed by atoms with Gasteiger partial charge in [-0.1, -0.05) is 32.0 Å². The van der Waals surface area contributed by atoms with Gasteiger partial charge in [0.2, 0.25) is 0 Å². The van der Waals surface area contributed by atoms with Gasteiger partial charge in [0, 0.05) is 32.1 Å². The third-order valence-electron chi connectivity index (χ3n) is 10.1. The number of ether oxygens (including phenoxy) is 4. The van der Waals surface area contributed by atoms with Crippen LogP contribution < -0.4 is 0 Å². The van der Waals surface area contributed by atoms with Gasteiger partial charge >= 0.3 is 17.9 Å². The largest absolute Gasteiger partial charge is 0.455 e. The number of hydrogen-bond donors (Lipinski definition) is 2. The van der Waals surface area contributed by atoms with Crippen molar-refractivity contribution in [2.24, 2.45) is 16.7 Å². The molecule has 0 aromatic heterocycles. The maximum atomic E-state index is 16.6. The summed E-state index contributed by atoms with van der Waals surface area (Å²) in [6.45, 7) is 8.08. The second kappa shape index (κ2) is 9.96. The van der Waals surface area contributed by atoms with Crippen LogP contribution >= 0.6 is 0 Å². The van der Waals surface area contributed by atoms with Crippen molar-refractivity contribution in [1.82, 2.24) is 0 Å². The minimum absolute atomic E-state index is 0.102. The lowest BCUT2D eigenvalue weighted by atomic mass is 9.45. The number of fused-ring (bicyclic) bond motifs is 5. The van der Waals surface area contributed by atoms with Crippen LogP contribution in [0, 0.1) is 16.7 Å². The molecule has 2 saturated carbocycles. The Bertz CT molecular complexity index is 1360. The maximum absolute atomic E-state index is 16.6. The van der Waals surface area contributed by atoms with E-state index in [1.54, 1.807) is 39.0 Å². The molecule has 1 aromatic rings. The molecule has 1 heterocycles. The van der Waals surface area contributed by atoms with Crippen LogP contribution in [0.4, 0.5) is 4.39 Å². The molecule has 2 unspecified atom stereocenters. The molecule has 0 amide bonds. The zero-order valence-electron chi connectivity index (χ0n) is 24.5. The van der Waals surface area contributed by atoms with Gasteiger partial charge in [-0.3, -0.25) is 14.4 Å². The van der Waals surface area contributed by atoms with Crippen molar-refractivity contribution >= 4 is 23.7 Å². The Hall–Kier alpha value is -3.15. The number of aliphatic hydroxyl groups is 2. The zero-order valence-corrected chi connectivity index (χ0v) is 24.5. The van der Waals surface area contributed by atoms with E-state index in [2.05, 4.69) is 0 Å². The molecule has 42 heavy (non-hydrogen) atoms. The molecule has 3 aliphatic carbocycles. The molecule has 2 bridgehead atoms. The van der Waals surface area contributed by atoms with Crippen molar-refractivity contribution in [3.8, 4) is 0 Å². The molecule has 9 atom stereocenters. The topological polar surface area (TPSA) is 146 Å². The Morgan fingerprint density at radius 3 is 2.24 bits per heavy atom. The van der Waals surface area contributed by atoms with Crippen LogP contribution in [0.2, 0.25) is 0 Å². The number of hydrogen-bond acceptors (Lipinski definition) is 10. The van der Waals surface area contributed by atoms with Crippen LogP contribution in [0.3, 0.4) is 0 Å². The number of benzene rings is 1. The van der Waals surface area contributed by atoms with Crippen LogP contribution in [0.15, 0.2) is 41.5 Å². The summed E-state index contributed by atoms with van der Waals surface area (Å²) < 4.78 is 39.8. The van der Waals surface area contributed by atoms with E-state index in [0.717, 1.165) is 13.8 Å². The zero-order chi connectivity index (χ0) is 31.0. The molecule has 1 saturated heterocycles. The Morgan fingerprint density at radius 1 is 1.05 bits per heavy atom. The van der Waals surface area contributed by atoms with E-state index in [1.165, 1.54) is 19.1 Å². The van der Waals surface area contributed by atoms with E-state index in [1.807, 2.05) is 0 Å². The summed E-state index contributed by atoms with van der Waals surface area (Å²) in [4.78, 5) is 53.3. The summed E-state index contributed by atoms with van der Waals surface area (Å²) in [6.07, 6.45) is -8.35. The third-order valence-corrected chi connectivity index (χ3v) is 10.1. The number of rotatable bonds is 4. The first kappa shape index (κ1) is 30.3. The lowest BCUT2D eigenvalue weighted by Gasteiger charge is -2.67. The first-order chi connectivity index (χ1) is 19.5. The van der Waals surface area contributed by atoms with Gasteiger partial charge in [0.15, 0.2) is 17.5 Å². The number of carbonyl (C=O) groups excluding carboxylic acids is 4. The Labute approximate surface area is 243 Å². The van der Waals surface area contributed by atoms with E-state index in [-0.39, 0.29) is 36.2 Å². The molecule has 3 fully saturated rings. The quantitative estimate of drug-likeness (QED) is 0.306. The number of carbonyl (C=O) groups is 4. The lowest BCUT2D eigenvalue weighted by Crippen LogP contribution is -2.81.